The lowest BCUT2D eigenvalue weighted by atomic mass is 10.1. The van der Waals surface area contributed by atoms with Crippen LogP contribution in [-0.4, -0.2) is 12.5 Å². The standard InChI is InChI=1S/C20H16I2N2O2/c1-3-8-26-19-17(21)10-14(11-18(19)22)9-15(12-23)20(25)24-16-6-4-13(2)5-7-16/h3-7,9-11H,1,8H2,2H3,(H,24,25)/b15-9+. The number of benzene rings is 2. The fraction of sp³-hybridized carbons (Fsp3) is 0.100. The number of carbonyl (C=O) groups is 1. The van der Waals surface area contributed by atoms with Crippen LogP contribution in [0.4, 0.5) is 5.69 Å². The second kappa shape index (κ2) is 9.73. The highest BCUT2D eigenvalue weighted by atomic mass is 127. The van der Waals surface area contributed by atoms with Crippen LogP contribution in [0.15, 0.2) is 54.6 Å². The maximum atomic E-state index is 12.4. The van der Waals surface area contributed by atoms with E-state index in [0.29, 0.717) is 12.3 Å². The Morgan fingerprint density at radius 3 is 2.42 bits per heavy atom. The van der Waals surface area contributed by atoms with E-state index >= 15 is 0 Å². The zero-order valence-corrected chi connectivity index (χ0v) is 18.4. The minimum absolute atomic E-state index is 0.0388. The summed E-state index contributed by atoms with van der Waals surface area (Å²) in [6, 6.07) is 13.1. The van der Waals surface area contributed by atoms with Crippen molar-refractivity contribution >= 4 is 62.9 Å². The number of rotatable bonds is 6. The summed E-state index contributed by atoms with van der Waals surface area (Å²) in [6.07, 6.45) is 3.26. The molecule has 2 rings (SSSR count). The molecule has 4 nitrogen and oxygen atoms in total. The molecule has 0 radical (unpaired) electrons. The van der Waals surface area contributed by atoms with Gasteiger partial charge in [-0.2, -0.15) is 5.26 Å². The number of hydrogen-bond donors (Lipinski definition) is 1. The summed E-state index contributed by atoms with van der Waals surface area (Å²) in [5, 5.41) is 12.1. The topological polar surface area (TPSA) is 62.1 Å². The van der Waals surface area contributed by atoms with Crippen LogP contribution >= 0.6 is 45.2 Å². The number of aryl methyl sites for hydroxylation is 1. The van der Waals surface area contributed by atoms with Gasteiger partial charge in [-0.05, 0) is 88.0 Å². The summed E-state index contributed by atoms with van der Waals surface area (Å²) in [7, 11) is 0. The number of carbonyl (C=O) groups excluding carboxylic acids is 1. The number of hydrogen-bond acceptors (Lipinski definition) is 3. The monoisotopic (exact) mass is 570 g/mol. The zero-order chi connectivity index (χ0) is 19.1. The quantitative estimate of drug-likeness (QED) is 0.222. The van der Waals surface area contributed by atoms with Gasteiger partial charge in [0.2, 0.25) is 0 Å². The molecule has 0 spiro atoms. The first kappa shape index (κ1) is 20.5. The molecule has 0 atom stereocenters. The van der Waals surface area contributed by atoms with Crippen molar-refractivity contribution in [2.45, 2.75) is 6.92 Å². The molecule has 132 valence electrons. The SMILES string of the molecule is C=CCOc1c(I)cc(/C=C(\C#N)C(=O)Nc2ccc(C)cc2)cc1I. The molecule has 1 N–H and O–H groups in total. The lowest BCUT2D eigenvalue weighted by molar-refractivity contribution is -0.112. The third-order valence-corrected chi connectivity index (χ3v) is 4.95. The van der Waals surface area contributed by atoms with E-state index < -0.39 is 5.91 Å². The van der Waals surface area contributed by atoms with Gasteiger partial charge in [-0.1, -0.05) is 30.4 Å². The van der Waals surface area contributed by atoms with E-state index in [0.717, 1.165) is 24.0 Å². The molecule has 2 aromatic rings. The number of anilines is 1. The Morgan fingerprint density at radius 2 is 1.88 bits per heavy atom. The average Bonchev–Trinajstić information content (AvgIpc) is 2.61. The van der Waals surface area contributed by atoms with Crippen molar-refractivity contribution in [1.29, 1.82) is 5.26 Å². The van der Waals surface area contributed by atoms with Gasteiger partial charge in [0.1, 0.15) is 24.0 Å². The Hall–Kier alpha value is -1.86. The summed E-state index contributed by atoms with van der Waals surface area (Å²) in [5.74, 6) is 0.333. The van der Waals surface area contributed by atoms with Crippen molar-refractivity contribution in [3.8, 4) is 11.8 Å². The Kier molecular flexibility index (Phi) is 7.66. The van der Waals surface area contributed by atoms with Crippen molar-refractivity contribution < 1.29 is 9.53 Å². The Morgan fingerprint density at radius 1 is 1.27 bits per heavy atom. The highest BCUT2D eigenvalue weighted by molar-refractivity contribution is 14.1. The van der Waals surface area contributed by atoms with Gasteiger partial charge < -0.3 is 10.1 Å². The van der Waals surface area contributed by atoms with Gasteiger partial charge in [0.15, 0.2) is 0 Å². The van der Waals surface area contributed by atoms with Gasteiger partial charge in [0.05, 0.1) is 7.14 Å². The van der Waals surface area contributed by atoms with Gasteiger partial charge in [-0.3, -0.25) is 4.79 Å². The minimum Gasteiger partial charge on any atom is -0.487 e. The van der Waals surface area contributed by atoms with Crippen molar-refractivity contribution in [2.75, 3.05) is 11.9 Å². The van der Waals surface area contributed by atoms with E-state index in [1.54, 1.807) is 24.3 Å². The smallest absolute Gasteiger partial charge is 0.266 e. The van der Waals surface area contributed by atoms with Gasteiger partial charge >= 0.3 is 0 Å². The lowest BCUT2D eigenvalue weighted by Crippen LogP contribution is -2.13. The van der Waals surface area contributed by atoms with Crippen LogP contribution in [0.3, 0.4) is 0 Å². The lowest BCUT2D eigenvalue weighted by Gasteiger charge is -2.10. The molecule has 0 aromatic heterocycles. The fourth-order valence-corrected chi connectivity index (χ4v) is 4.22. The Labute approximate surface area is 180 Å². The van der Waals surface area contributed by atoms with Gasteiger partial charge in [-0.15, -0.1) is 0 Å². The molecule has 0 saturated heterocycles. The third kappa shape index (κ3) is 5.57. The molecule has 0 fully saturated rings. The van der Waals surface area contributed by atoms with Crippen molar-refractivity contribution in [3.63, 3.8) is 0 Å². The molecule has 0 aliphatic rings. The summed E-state index contributed by atoms with van der Waals surface area (Å²) >= 11 is 4.34. The number of nitriles is 1. The first-order valence-electron chi connectivity index (χ1n) is 7.67. The van der Waals surface area contributed by atoms with E-state index in [1.165, 1.54) is 0 Å². The van der Waals surface area contributed by atoms with Crippen LogP contribution in [0.2, 0.25) is 0 Å². The maximum Gasteiger partial charge on any atom is 0.266 e. The first-order valence-corrected chi connectivity index (χ1v) is 9.83. The number of halogens is 2. The predicted molar refractivity (Wildman–Crippen MR) is 121 cm³/mol. The maximum absolute atomic E-state index is 12.4. The zero-order valence-electron chi connectivity index (χ0n) is 14.1. The molecule has 2 aromatic carbocycles. The molecular formula is C20H16I2N2O2. The Bertz CT molecular complexity index is 874. The highest BCUT2D eigenvalue weighted by Crippen LogP contribution is 2.30. The number of amides is 1. The van der Waals surface area contributed by atoms with Gasteiger partial charge in [0.25, 0.3) is 5.91 Å². The first-order chi connectivity index (χ1) is 12.4. The van der Waals surface area contributed by atoms with Crippen molar-refractivity contribution in [2.24, 2.45) is 0 Å². The molecule has 0 aliphatic carbocycles. The molecule has 1 amide bonds. The molecule has 0 heterocycles. The van der Waals surface area contributed by atoms with Crippen LogP contribution in [0.25, 0.3) is 6.08 Å². The highest BCUT2D eigenvalue weighted by Gasteiger charge is 2.12. The van der Waals surface area contributed by atoms with Gasteiger partial charge in [-0.25, -0.2) is 0 Å². The third-order valence-electron chi connectivity index (χ3n) is 3.35. The van der Waals surface area contributed by atoms with E-state index in [1.807, 2.05) is 37.3 Å². The number of nitrogens with one attached hydrogen (secondary N) is 1. The molecule has 0 saturated carbocycles. The average molecular weight is 570 g/mol. The van der Waals surface area contributed by atoms with Crippen molar-refractivity contribution in [1.82, 2.24) is 0 Å². The number of nitrogens with zero attached hydrogens (tertiary/aromatic N) is 1. The van der Waals surface area contributed by atoms with Crippen LogP contribution in [0.1, 0.15) is 11.1 Å². The molecule has 6 heteroatoms. The molecule has 0 bridgehead atoms. The Balaban J connectivity index is 2.24. The second-order valence-corrected chi connectivity index (χ2v) is 7.73. The van der Waals surface area contributed by atoms with Crippen LogP contribution < -0.4 is 10.1 Å². The summed E-state index contributed by atoms with van der Waals surface area (Å²) < 4.78 is 7.44. The fourth-order valence-electron chi connectivity index (χ4n) is 2.09. The van der Waals surface area contributed by atoms with E-state index in [-0.39, 0.29) is 5.57 Å². The summed E-state index contributed by atoms with van der Waals surface area (Å²) in [4.78, 5) is 12.4. The van der Waals surface area contributed by atoms with Crippen LogP contribution in [-0.2, 0) is 4.79 Å². The van der Waals surface area contributed by atoms with Crippen LogP contribution in [0, 0.1) is 25.4 Å². The normalized spacial score (nSPS) is 10.8. The second-order valence-electron chi connectivity index (χ2n) is 5.40. The summed E-state index contributed by atoms with van der Waals surface area (Å²) in [6.45, 7) is 6.03. The van der Waals surface area contributed by atoms with Crippen LogP contribution in [0.5, 0.6) is 5.75 Å². The van der Waals surface area contributed by atoms with Crippen molar-refractivity contribution in [3.05, 3.63) is 72.9 Å². The number of ether oxygens (including phenoxy) is 1. The largest absolute Gasteiger partial charge is 0.487 e. The molecule has 0 unspecified atom stereocenters. The van der Waals surface area contributed by atoms with E-state index in [9.17, 15) is 10.1 Å². The molecule has 0 aliphatic heterocycles. The van der Waals surface area contributed by atoms with E-state index in [4.69, 9.17) is 4.74 Å². The predicted octanol–water partition coefficient (Wildman–Crippen LogP) is 5.31. The van der Waals surface area contributed by atoms with Gasteiger partial charge in [0, 0.05) is 5.69 Å². The molecular weight excluding hydrogens is 554 g/mol. The minimum atomic E-state index is -0.437. The molecule has 26 heavy (non-hydrogen) atoms. The summed E-state index contributed by atoms with van der Waals surface area (Å²) in [5.41, 5.74) is 2.55. The van der Waals surface area contributed by atoms with E-state index in [2.05, 4.69) is 57.1 Å².